The molecule has 1 aromatic heterocycles. The van der Waals surface area contributed by atoms with Crippen LogP contribution < -0.4 is 4.74 Å². The lowest BCUT2D eigenvalue weighted by Crippen LogP contribution is -2.39. The van der Waals surface area contributed by atoms with Crippen LogP contribution in [0.1, 0.15) is 59.6 Å². The maximum Gasteiger partial charge on any atom is 0.233 e. The molecule has 0 aliphatic heterocycles. The number of methoxy groups -OCH3 is 1. The van der Waals surface area contributed by atoms with E-state index in [4.69, 9.17) is 14.2 Å². The Hall–Kier alpha value is -1.20. The highest BCUT2D eigenvalue weighted by Crippen LogP contribution is 2.29. The van der Waals surface area contributed by atoms with Crippen LogP contribution in [0.15, 0.2) is 12.1 Å². The molecule has 25 heavy (non-hydrogen) atoms. The van der Waals surface area contributed by atoms with Crippen LogP contribution >= 0.6 is 0 Å². The summed E-state index contributed by atoms with van der Waals surface area (Å²) in [5.74, 6) is 1.14. The molecule has 1 aliphatic carbocycles. The Bertz CT molecular complexity index is 510. The van der Waals surface area contributed by atoms with Crippen molar-refractivity contribution in [1.29, 1.82) is 0 Å². The molecule has 0 radical (unpaired) electrons. The Labute approximate surface area is 152 Å². The summed E-state index contributed by atoms with van der Waals surface area (Å²) in [7, 11) is 1.74. The number of rotatable bonds is 10. The molecular weight excluding hydrogens is 316 g/mol. The predicted octanol–water partition coefficient (Wildman–Crippen LogP) is 4.05. The van der Waals surface area contributed by atoms with Crippen molar-refractivity contribution in [1.82, 2.24) is 10.2 Å². The molecule has 1 heterocycles. The van der Waals surface area contributed by atoms with E-state index in [0.717, 1.165) is 38.0 Å². The van der Waals surface area contributed by atoms with E-state index in [9.17, 15) is 0 Å². The van der Waals surface area contributed by atoms with Crippen molar-refractivity contribution in [3.63, 3.8) is 0 Å². The van der Waals surface area contributed by atoms with Gasteiger partial charge in [-0.3, -0.25) is 0 Å². The van der Waals surface area contributed by atoms with Gasteiger partial charge in [0.15, 0.2) is 0 Å². The van der Waals surface area contributed by atoms with Gasteiger partial charge in [0, 0.05) is 26.0 Å². The molecule has 0 aromatic carbocycles. The first-order valence-electron chi connectivity index (χ1n) is 9.41. The molecule has 0 bridgehead atoms. The zero-order valence-electron chi connectivity index (χ0n) is 16.6. The minimum absolute atomic E-state index is 0.169. The first kappa shape index (κ1) is 20.1. The van der Waals surface area contributed by atoms with E-state index in [0.29, 0.717) is 17.9 Å². The van der Waals surface area contributed by atoms with Gasteiger partial charge in [-0.2, -0.15) is 5.10 Å². The van der Waals surface area contributed by atoms with Crippen LogP contribution in [0.5, 0.6) is 5.88 Å². The van der Waals surface area contributed by atoms with Gasteiger partial charge < -0.3 is 14.2 Å². The maximum absolute atomic E-state index is 5.81. The molecule has 0 amide bonds. The lowest BCUT2D eigenvalue weighted by atomic mass is 9.82. The molecule has 1 atom stereocenters. The first-order chi connectivity index (χ1) is 11.8. The summed E-state index contributed by atoms with van der Waals surface area (Å²) in [6, 6.07) is 3.96. The van der Waals surface area contributed by atoms with Gasteiger partial charge in [0.25, 0.3) is 0 Å². The summed E-state index contributed by atoms with van der Waals surface area (Å²) in [6.45, 7) is 11.7. The lowest BCUT2D eigenvalue weighted by molar-refractivity contribution is -0.0399. The fourth-order valence-corrected chi connectivity index (χ4v) is 3.32. The van der Waals surface area contributed by atoms with Crippen molar-refractivity contribution < 1.29 is 14.2 Å². The van der Waals surface area contributed by atoms with Gasteiger partial charge in [-0.25, -0.2) is 0 Å². The summed E-state index contributed by atoms with van der Waals surface area (Å²) >= 11 is 0. The van der Waals surface area contributed by atoms with E-state index in [1.54, 1.807) is 7.11 Å². The second-order valence-electron chi connectivity index (χ2n) is 8.47. The highest BCUT2D eigenvalue weighted by molar-refractivity contribution is 5.13. The fourth-order valence-electron chi connectivity index (χ4n) is 3.32. The number of hydrogen-bond donors (Lipinski definition) is 0. The fraction of sp³-hybridized carbons (Fsp3) is 0.800. The Kier molecular flexibility index (Phi) is 7.20. The summed E-state index contributed by atoms with van der Waals surface area (Å²) < 4.78 is 16.9. The second kappa shape index (κ2) is 8.95. The standard InChI is InChI=1S/C20H34N2O3/c1-14(2)24-13-20(4,5)12-15(3)9-16-7-8-19(22-21-16)25-18-10-17(11-18)23-6/h7-8,14-15,17-18H,9-13H2,1-6H3. The quantitative estimate of drug-likeness (QED) is 0.637. The minimum Gasteiger partial charge on any atom is -0.473 e. The molecule has 0 spiro atoms. The second-order valence-corrected chi connectivity index (χ2v) is 8.47. The summed E-state index contributed by atoms with van der Waals surface area (Å²) in [5, 5.41) is 8.56. The third-order valence-corrected chi connectivity index (χ3v) is 4.63. The van der Waals surface area contributed by atoms with Crippen molar-refractivity contribution in [2.45, 2.75) is 78.6 Å². The largest absolute Gasteiger partial charge is 0.473 e. The van der Waals surface area contributed by atoms with Gasteiger partial charge in [-0.1, -0.05) is 20.8 Å². The van der Waals surface area contributed by atoms with E-state index < -0.39 is 0 Å². The summed E-state index contributed by atoms with van der Waals surface area (Å²) in [5.41, 5.74) is 1.19. The molecule has 0 saturated heterocycles. The maximum atomic E-state index is 5.81. The molecule has 1 fully saturated rings. The van der Waals surface area contributed by atoms with E-state index in [1.807, 2.05) is 12.1 Å². The average molecular weight is 351 g/mol. The van der Waals surface area contributed by atoms with E-state index in [-0.39, 0.29) is 17.6 Å². The third-order valence-electron chi connectivity index (χ3n) is 4.63. The average Bonchev–Trinajstić information content (AvgIpc) is 2.49. The molecule has 1 aromatic rings. The molecule has 1 saturated carbocycles. The van der Waals surface area contributed by atoms with Crippen LogP contribution in [0, 0.1) is 11.3 Å². The van der Waals surface area contributed by atoms with Crippen LogP contribution in [0.2, 0.25) is 0 Å². The topological polar surface area (TPSA) is 53.5 Å². The van der Waals surface area contributed by atoms with Gasteiger partial charge in [0.1, 0.15) is 6.10 Å². The van der Waals surface area contributed by atoms with Crippen molar-refractivity contribution in [3.05, 3.63) is 17.8 Å². The van der Waals surface area contributed by atoms with Crippen molar-refractivity contribution >= 4 is 0 Å². The Morgan fingerprint density at radius 1 is 1.12 bits per heavy atom. The molecular formula is C20H34N2O3. The highest BCUT2D eigenvalue weighted by Gasteiger charge is 2.31. The summed E-state index contributed by atoms with van der Waals surface area (Å²) in [6.07, 6.45) is 4.72. The van der Waals surface area contributed by atoms with Crippen LogP contribution in [0.25, 0.3) is 0 Å². The number of aromatic nitrogens is 2. The normalized spacial score (nSPS) is 21.9. The Morgan fingerprint density at radius 2 is 1.84 bits per heavy atom. The molecule has 2 rings (SSSR count). The summed E-state index contributed by atoms with van der Waals surface area (Å²) in [4.78, 5) is 0. The molecule has 0 N–H and O–H groups in total. The van der Waals surface area contributed by atoms with Crippen molar-refractivity contribution in [3.8, 4) is 5.88 Å². The van der Waals surface area contributed by atoms with Gasteiger partial charge >= 0.3 is 0 Å². The van der Waals surface area contributed by atoms with E-state index >= 15 is 0 Å². The van der Waals surface area contributed by atoms with Gasteiger partial charge in [-0.15, -0.1) is 5.10 Å². The molecule has 5 nitrogen and oxygen atoms in total. The minimum atomic E-state index is 0.169. The zero-order valence-corrected chi connectivity index (χ0v) is 16.6. The monoisotopic (exact) mass is 350 g/mol. The molecule has 1 unspecified atom stereocenters. The van der Waals surface area contributed by atoms with E-state index in [1.165, 1.54) is 0 Å². The van der Waals surface area contributed by atoms with Gasteiger partial charge in [-0.05, 0) is 44.1 Å². The SMILES string of the molecule is COC1CC(Oc2ccc(CC(C)CC(C)(C)COC(C)C)nn2)C1. The number of hydrogen-bond acceptors (Lipinski definition) is 5. The molecule has 5 heteroatoms. The highest BCUT2D eigenvalue weighted by atomic mass is 16.5. The van der Waals surface area contributed by atoms with Crippen LogP contribution in [0.3, 0.4) is 0 Å². The Morgan fingerprint density at radius 3 is 2.40 bits per heavy atom. The van der Waals surface area contributed by atoms with Gasteiger partial charge in [0.2, 0.25) is 5.88 Å². The van der Waals surface area contributed by atoms with Crippen molar-refractivity contribution in [2.24, 2.45) is 11.3 Å². The van der Waals surface area contributed by atoms with Gasteiger partial charge in [0.05, 0.1) is 24.5 Å². The van der Waals surface area contributed by atoms with E-state index in [2.05, 4.69) is 44.8 Å². The van der Waals surface area contributed by atoms with Crippen LogP contribution in [-0.4, -0.2) is 42.2 Å². The number of ether oxygens (including phenoxy) is 3. The molecule has 142 valence electrons. The molecule has 1 aliphatic rings. The lowest BCUT2D eigenvalue weighted by Gasteiger charge is -2.33. The first-order valence-corrected chi connectivity index (χ1v) is 9.41. The van der Waals surface area contributed by atoms with Crippen LogP contribution in [0.4, 0.5) is 0 Å². The zero-order chi connectivity index (χ0) is 18.4. The number of nitrogens with zero attached hydrogens (tertiary/aromatic N) is 2. The predicted molar refractivity (Wildman–Crippen MR) is 98.8 cm³/mol. The van der Waals surface area contributed by atoms with Crippen LogP contribution in [-0.2, 0) is 15.9 Å². The Balaban J connectivity index is 1.76. The van der Waals surface area contributed by atoms with Crippen molar-refractivity contribution in [2.75, 3.05) is 13.7 Å². The smallest absolute Gasteiger partial charge is 0.233 e. The third kappa shape index (κ3) is 6.90.